The maximum Gasteiger partial charge on any atom is 0.257 e. The highest BCUT2D eigenvalue weighted by molar-refractivity contribution is 5.93. The van der Waals surface area contributed by atoms with Crippen LogP contribution in [0.25, 0.3) is 0 Å². The number of nitrogens with zero attached hydrogens (tertiary/aromatic N) is 2. The van der Waals surface area contributed by atoms with Gasteiger partial charge < -0.3 is 14.2 Å². The molecule has 0 saturated carbocycles. The molecule has 3 heterocycles. The van der Waals surface area contributed by atoms with Gasteiger partial charge in [-0.25, -0.2) is 0 Å². The summed E-state index contributed by atoms with van der Waals surface area (Å²) >= 11 is 0. The molecule has 2 saturated heterocycles. The molecule has 2 aliphatic rings. The molecular weight excluding hydrogens is 366 g/mol. The molecule has 1 aromatic heterocycles. The van der Waals surface area contributed by atoms with Crippen LogP contribution in [-0.2, 0) is 4.79 Å². The second-order valence-electron chi connectivity index (χ2n) is 7.97. The molecular formula is C23H29N3O3. The smallest absolute Gasteiger partial charge is 0.257 e. The SMILES string of the molecule is O=C(c1ccoc1)N1CCC(N[C@@H](C(=O)N2CCCCC2)c2ccccc2)CC1. The van der Waals surface area contributed by atoms with Crippen LogP contribution < -0.4 is 5.32 Å². The Hall–Kier alpha value is -2.60. The molecule has 0 aliphatic carbocycles. The minimum atomic E-state index is -0.324. The van der Waals surface area contributed by atoms with Crippen molar-refractivity contribution in [1.82, 2.24) is 15.1 Å². The molecule has 2 aliphatic heterocycles. The summed E-state index contributed by atoms with van der Waals surface area (Å²) in [6, 6.07) is 11.6. The molecule has 154 valence electrons. The number of carbonyl (C=O) groups is 2. The zero-order valence-corrected chi connectivity index (χ0v) is 16.8. The van der Waals surface area contributed by atoms with Crippen LogP contribution in [0.4, 0.5) is 0 Å². The van der Waals surface area contributed by atoms with E-state index in [9.17, 15) is 9.59 Å². The molecule has 6 nitrogen and oxygen atoms in total. The Morgan fingerprint density at radius 2 is 1.66 bits per heavy atom. The first kappa shape index (κ1) is 19.7. The molecule has 1 atom stereocenters. The molecule has 0 unspecified atom stereocenters. The maximum atomic E-state index is 13.3. The Kier molecular flexibility index (Phi) is 6.30. The van der Waals surface area contributed by atoms with Crippen molar-refractivity contribution in [2.45, 2.75) is 44.2 Å². The molecule has 0 bridgehead atoms. The summed E-state index contributed by atoms with van der Waals surface area (Å²) in [6.45, 7) is 3.06. The van der Waals surface area contributed by atoms with E-state index in [-0.39, 0.29) is 23.9 Å². The van der Waals surface area contributed by atoms with Crippen LogP contribution in [-0.4, -0.2) is 53.8 Å². The van der Waals surface area contributed by atoms with E-state index in [2.05, 4.69) is 5.32 Å². The monoisotopic (exact) mass is 395 g/mol. The molecule has 4 rings (SSSR count). The average molecular weight is 396 g/mol. The van der Waals surface area contributed by atoms with E-state index in [1.54, 1.807) is 6.07 Å². The lowest BCUT2D eigenvalue weighted by atomic mass is 9.98. The summed E-state index contributed by atoms with van der Waals surface area (Å²) in [7, 11) is 0. The number of benzene rings is 1. The van der Waals surface area contributed by atoms with Crippen LogP contribution in [0.1, 0.15) is 54.1 Å². The van der Waals surface area contributed by atoms with E-state index in [1.165, 1.54) is 18.9 Å². The number of amides is 2. The zero-order chi connectivity index (χ0) is 20.1. The third kappa shape index (κ3) is 4.70. The summed E-state index contributed by atoms with van der Waals surface area (Å²) in [5.41, 5.74) is 1.61. The fourth-order valence-electron chi connectivity index (χ4n) is 4.31. The molecule has 29 heavy (non-hydrogen) atoms. The predicted octanol–water partition coefficient (Wildman–Crippen LogP) is 3.23. The van der Waals surface area contributed by atoms with Gasteiger partial charge in [-0.1, -0.05) is 30.3 Å². The van der Waals surface area contributed by atoms with Crippen LogP contribution in [0.2, 0.25) is 0 Å². The second-order valence-corrected chi connectivity index (χ2v) is 7.97. The van der Waals surface area contributed by atoms with E-state index in [1.807, 2.05) is 40.1 Å². The Bertz CT molecular complexity index is 792. The number of nitrogens with one attached hydrogen (secondary N) is 1. The van der Waals surface area contributed by atoms with E-state index in [0.717, 1.165) is 44.3 Å². The lowest BCUT2D eigenvalue weighted by Crippen LogP contribution is -2.50. The van der Waals surface area contributed by atoms with E-state index in [0.29, 0.717) is 18.7 Å². The first-order valence-corrected chi connectivity index (χ1v) is 10.6. The molecule has 0 radical (unpaired) electrons. The van der Waals surface area contributed by atoms with Gasteiger partial charge in [-0.15, -0.1) is 0 Å². The van der Waals surface area contributed by atoms with Gasteiger partial charge in [-0.05, 0) is 43.7 Å². The summed E-state index contributed by atoms with van der Waals surface area (Å²) in [5.74, 6) is 0.189. The highest BCUT2D eigenvalue weighted by Gasteiger charge is 2.31. The highest BCUT2D eigenvalue weighted by atomic mass is 16.3. The topological polar surface area (TPSA) is 65.8 Å². The average Bonchev–Trinajstić information content (AvgIpc) is 3.33. The van der Waals surface area contributed by atoms with Crippen molar-refractivity contribution < 1.29 is 14.0 Å². The van der Waals surface area contributed by atoms with Gasteiger partial charge in [0, 0.05) is 32.2 Å². The quantitative estimate of drug-likeness (QED) is 0.844. The molecule has 2 fully saturated rings. The summed E-state index contributed by atoms with van der Waals surface area (Å²) in [5, 5.41) is 3.62. The summed E-state index contributed by atoms with van der Waals surface area (Å²) < 4.78 is 5.03. The van der Waals surface area contributed by atoms with Gasteiger partial charge >= 0.3 is 0 Å². The highest BCUT2D eigenvalue weighted by Crippen LogP contribution is 2.23. The number of carbonyl (C=O) groups excluding carboxylic acids is 2. The molecule has 6 heteroatoms. The van der Waals surface area contributed by atoms with Crippen LogP contribution in [0.5, 0.6) is 0 Å². The van der Waals surface area contributed by atoms with E-state index < -0.39 is 0 Å². The van der Waals surface area contributed by atoms with Crippen molar-refractivity contribution >= 4 is 11.8 Å². The van der Waals surface area contributed by atoms with Gasteiger partial charge in [0.2, 0.25) is 5.91 Å². The van der Waals surface area contributed by atoms with E-state index in [4.69, 9.17) is 4.42 Å². The number of likely N-dealkylation sites (tertiary alicyclic amines) is 2. The van der Waals surface area contributed by atoms with Gasteiger partial charge in [-0.2, -0.15) is 0 Å². The molecule has 1 aromatic carbocycles. The first-order chi connectivity index (χ1) is 14.2. The van der Waals surface area contributed by atoms with Gasteiger partial charge in [0.25, 0.3) is 5.91 Å². The largest absolute Gasteiger partial charge is 0.472 e. The number of piperidine rings is 2. The van der Waals surface area contributed by atoms with Crippen molar-refractivity contribution in [2.75, 3.05) is 26.2 Å². The number of hydrogen-bond donors (Lipinski definition) is 1. The molecule has 1 N–H and O–H groups in total. The minimum absolute atomic E-state index is 0.0150. The molecule has 2 amide bonds. The van der Waals surface area contributed by atoms with Crippen LogP contribution in [0.3, 0.4) is 0 Å². The van der Waals surface area contributed by atoms with Gasteiger partial charge in [-0.3, -0.25) is 14.9 Å². The maximum absolute atomic E-state index is 13.3. The van der Waals surface area contributed by atoms with Gasteiger partial charge in [0.15, 0.2) is 0 Å². The second kappa shape index (κ2) is 9.27. The number of hydrogen-bond acceptors (Lipinski definition) is 4. The van der Waals surface area contributed by atoms with Crippen LogP contribution in [0.15, 0.2) is 53.3 Å². The Morgan fingerprint density at radius 1 is 0.931 bits per heavy atom. The van der Waals surface area contributed by atoms with Crippen molar-refractivity contribution in [2.24, 2.45) is 0 Å². The summed E-state index contributed by atoms with van der Waals surface area (Å²) in [6.07, 6.45) is 8.06. The van der Waals surface area contributed by atoms with E-state index >= 15 is 0 Å². The Morgan fingerprint density at radius 3 is 2.31 bits per heavy atom. The third-order valence-corrected chi connectivity index (χ3v) is 6.00. The normalized spacial score (nSPS) is 19.2. The van der Waals surface area contributed by atoms with Gasteiger partial charge in [0.05, 0.1) is 11.8 Å². The van der Waals surface area contributed by atoms with Gasteiger partial charge in [0.1, 0.15) is 12.3 Å². The van der Waals surface area contributed by atoms with Crippen LogP contribution in [0, 0.1) is 0 Å². The standard InChI is InChI=1S/C23H29N3O3/c27-22(19-11-16-29-17-19)26-14-9-20(10-15-26)24-21(18-7-3-1-4-8-18)23(28)25-12-5-2-6-13-25/h1,3-4,7-8,11,16-17,20-21,24H,2,5-6,9-10,12-15H2/t21-/m1/s1. The Balaban J connectivity index is 1.40. The predicted molar refractivity (Wildman–Crippen MR) is 110 cm³/mol. The van der Waals surface area contributed by atoms with Crippen molar-refractivity contribution in [3.63, 3.8) is 0 Å². The fourth-order valence-corrected chi connectivity index (χ4v) is 4.31. The number of rotatable bonds is 5. The zero-order valence-electron chi connectivity index (χ0n) is 16.8. The summed E-state index contributed by atoms with van der Waals surface area (Å²) in [4.78, 5) is 29.7. The molecule has 2 aromatic rings. The lowest BCUT2D eigenvalue weighted by molar-refractivity contribution is -0.134. The molecule has 0 spiro atoms. The van der Waals surface area contributed by atoms with Crippen LogP contribution >= 0.6 is 0 Å². The van der Waals surface area contributed by atoms with Crippen molar-refractivity contribution in [3.8, 4) is 0 Å². The number of furan rings is 1. The minimum Gasteiger partial charge on any atom is -0.472 e. The van der Waals surface area contributed by atoms with Crippen molar-refractivity contribution in [1.29, 1.82) is 0 Å². The Labute approximate surface area is 171 Å². The first-order valence-electron chi connectivity index (χ1n) is 10.6. The third-order valence-electron chi connectivity index (χ3n) is 6.00. The fraction of sp³-hybridized carbons (Fsp3) is 0.478. The van der Waals surface area contributed by atoms with Crippen molar-refractivity contribution in [3.05, 3.63) is 60.1 Å². The lowest BCUT2D eigenvalue weighted by Gasteiger charge is -2.36.